The lowest BCUT2D eigenvalue weighted by Crippen LogP contribution is -2.38. The molecule has 0 N–H and O–H groups in total. The fourth-order valence-corrected chi connectivity index (χ4v) is 4.04. The van der Waals surface area contributed by atoms with Crippen molar-refractivity contribution < 1.29 is 8.42 Å². The van der Waals surface area contributed by atoms with Gasteiger partial charge < -0.3 is 9.47 Å². The molecule has 1 aromatic heterocycles. The molecule has 0 radical (unpaired) electrons. The van der Waals surface area contributed by atoms with E-state index in [1.54, 1.807) is 24.3 Å². The van der Waals surface area contributed by atoms with Crippen LogP contribution in [0.15, 0.2) is 41.4 Å². The van der Waals surface area contributed by atoms with E-state index in [0.717, 1.165) is 18.1 Å². The Hall–Kier alpha value is -1.70. The largest absolute Gasteiger partial charge is 0.332 e. The monoisotopic (exact) mass is 320 g/mol. The summed E-state index contributed by atoms with van der Waals surface area (Å²) in [7, 11) is 0.532. The van der Waals surface area contributed by atoms with Gasteiger partial charge in [-0.15, -0.1) is 0 Å². The van der Waals surface area contributed by atoms with Crippen LogP contribution in [0.1, 0.15) is 11.5 Å². The maximum Gasteiger partial charge on any atom is 0.243 e. The first-order chi connectivity index (χ1) is 10.5. The highest BCUT2D eigenvalue weighted by Gasteiger charge is 2.29. The minimum absolute atomic E-state index is 0.324. The first-order valence-electron chi connectivity index (χ1n) is 7.21. The molecule has 0 aliphatic carbocycles. The highest BCUT2D eigenvalue weighted by Crippen LogP contribution is 2.21. The van der Waals surface area contributed by atoms with Crippen LogP contribution in [0.2, 0.25) is 0 Å². The van der Waals surface area contributed by atoms with Gasteiger partial charge in [0.25, 0.3) is 0 Å². The minimum Gasteiger partial charge on any atom is -0.332 e. The van der Waals surface area contributed by atoms with Gasteiger partial charge in [0.1, 0.15) is 5.82 Å². The van der Waals surface area contributed by atoms with E-state index in [2.05, 4.69) is 9.55 Å². The average molecular weight is 320 g/mol. The van der Waals surface area contributed by atoms with Crippen molar-refractivity contribution in [1.82, 2.24) is 18.8 Å². The summed E-state index contributed by atoms with van der Waals surface area (Å²) in [6.45, 7) is 2.19. The van der Waals surface area contributed by atoms with Crippen LogP contribution in [0, 0.1) is 0 Å². The van der Waals surface area contributed by atoms with Gasteiger partial charge in [-0.2, -0.15) is 4.31 Å². The molecule has 0 fully saturated rings. The molecule has 0 bridgehead atoms. The van der Waals surface area contributed by atoms with E-state index >= 15 is 0 Å². The molecule has 2 heterocycles. The third-order valence-electron chi connectivity index (χ3n) is 3.68. The van der Waals surface area contributed by atoms with E-state index < -0.39 is 10.0 Å². The topological polar surface area (TPSA) is 58.4 Å². The predicted octanol–water partition coefficient (Wildman–Crippen LogP) is 1.15. The Morgan fingerprint density at radius 3 is 2.59 bits per heavy atom. The lowest BCUT2D eigenvalue weighted by atomic mass is 10.4. The lowest BCUT2D eigenvalue weighted by molar-refractivity contribution is 0.335. The fraction of sp³-hybridized carbons (Fsp3) is 0.400. The molecule has 22 heavy (non-hydrogen) atoms. The number of aromatic nitrogens is 2. The first kappa shape index (κ1) is 15.2. The van der Waals surface area contributed by atoms with Crippen molar-refractivity contribution in [2.75, 3.05) is 20.6 Å². The second-order valence-corrected chi connectivity index (χ2v) is 7.67. The summed E-state index contributed by atoms with van der Waals surface area (Å²) in [6.07, 6.45) is 2.02. The van der Waals surface area contributed by atoms with E-state index in [-0.39, 0.29) is 0 Å². The van der Waals surface area contributed by atoms with Crippen molar-refractivity contribution in [3.63, 3.8) is 0 Å². The van der Waals surface area contributed by atoms with Gasteiger partial charge in [-0.05, 0) is 26.2 Å². The number of hydrogen-bond donors (Lipinski definition) is 0. The maximum absolute atomic E-state index is 12.7. The molecular weight excluding hydrogens is 300 g/mol. The second-order valence-electron chi connectivity index (χ2n) is 5.73. The van der Waals surface area contributed by atoms with Crippen LogP contribution in [-0.4, -0.2) is 47.8 Å². The van der Waals surface area contributed by atoms with Crippen molar-refractivity contribution in [1.29, 1.82) is 0 Å². The number of imidazole rings is 1. The van der Waals surface area contributed by atoms with Crippen molar-refractivity contribution in [2.45, 2.75) is 24.5 Å². The Bertz CT molecular complexity index is 753. The van der Waals surface area contributed by atoms with E-state index in [1.807, 2.05) is 31.3 Å². The van der Waals surface area contributed by atoms with Gasteiger partial charge in [0.2, 0.25) is 10.0 Å². The highest BCUT2D eigenvalue weighted by molar-refractivity contribution is 7.89. The SMILES string of the molecule is CN(C)Cc1cn2c(n1)CN(S(=O)(=O)c1ccccc1)CC2. The number of benzene rings is 1. The third-order valence-corrected chi connectivity index (χ3v) is 5.54. The van der Waals surface area contributed by atoms with E-state index in [1.165, 1.54) is 4.31 Å². The quantitative estimate of drug-likeness (QED) is 0.848. The molecule has 118 valence electrons. The molecule has 0 spiro atoms. The molecule has 0 saturated carbocycles. The number of sulfonamides is 1. The second kappa shape index (κ2) is 5.83. The van der Waals surface area contributed by atoms with Crippen LogP contribution in [0.4, 0.5) is 0 Å². The van der Waals surface area contributed by atoms with Gasteiger partial charge >= 0.3 is 0 Å². The zero-order valence-corrected chi connectivity index (χ0v) is 13.6. The predicted molar refractivity (Wildman–Crippen MR) is 83.7 cm³/mol. The smallest absolute Gasteiger partial charge is 0.243 e. The fourth-order valence-electron chi connectivity index (χ4n) is 2.64. The Labute approximate surface area is 131 Å². The third kappa shape index (κ3) is 2.92. The van der Waals surface area contributed by atoms with Crippen LogP contribution >= 0.6 is 0 Å². The Balaban J connectivity index is 1.84. The molecule has 6 nitrogen and oxygen atoms in total. The Morgan fingerprint density at radius 1 is 1.18 bits per heavy atom. The standard InChI is InChI=1S/C15H20N4O2S/c1-17(2)10-13-11-18-8-9-19(12-15(18)16-13)22(20,21)14-6-4-3-5-7-14/h3-7,11H,8-10,12H2,1-2H3. The molecule has 3 rings (SSSR count). The number of fused-ring (bicyclic) bond motifs is 1. The van der Waals surface area contributed by atoms with Crippen molar-refractivity contribution in [3.05, 3.63) is 48.0 Å². The summed E-state index contributed by atoms with van der Waals surface area (Å²) < 4.78 is 28.9. The molecule has 7 heteroatoms. The first-order valence-corrected chi connectivity index (χ1v) is 8.65. The van der Waals surface area contributed by atoms with Crippen LogP contribution in [0.5, 0.6) is 0 Å². The van der Waals surface area contributed by atoms with Crippen LogP contribution < -0.4 is 0 Å². The van der Waals surface area contributed by atoms with Crippen LogP contribution in [0.3, 0.4) is 0 Å². The molecule has 1 aliphatic heterocycles. The summed E-state index contributed by atoms with van der Waals surface area (Å²) in [4.78, 5) is 6.95. The Morgan fingerprint density at radius 2 is 1.91 bits per heavy atom. The summed E-state index contributed by atoms with van der Waals surface area (Å²) >= 11 is 0. The van der Waals surface area contributed by atoms with E-state index in [9.17, 15) is 8.42 Å². The number of hydrogen-bond acceptors (Lipinski definition) is 4. The molecule has 1 aromatic carbocycles. The lowest BCUT2D eigenvalue weighted by Gasteiger charge is -2.26. The molecular formula is C15H20N4O2S. The van der Waals surface area contributed by atoms with Crippen molar-refractivity contribution in [2.24, 2.45) is 0 Å². The summed E-state index contributed by atoms with van der Waals surface area (Å²) in [6, 6.07) is 8.57. The summed E-state index contributed by atoms with van der Waals surface area (Å²) in [5.74, 6) is 0.808. The molecule has 0 atom stereocenters. The summed E-state index contributed by atoms with van der Waals surface area (Å²) in [5.41, 5.74) is 0.971. The normalized spacial score (nSPS) is 16.0. The van der Waals surface area contributed by atoms with Gasteiger partial charge in [0.15, 0.2) is 0 Å². The molecule has 2 aromatic rings. The van der Waals surface area contributed by atoms with Gasteiger partial charge in [-0.25, -0.2) is 13.4 Å². The van der Waals surface area contributed by atoms with E-state index in [4.69, 9.17) is 0 Å². The van der Waals surface area contributed by atoms with Crippen LogP contribution in [0.25, 0.3) is 0 Å². The van der Waals surface area contributed by atoms with Crippen molar-refractivity contribution >= 4 is 10.0 Å². The highest BCUT2D eigenvalue weighted by atomic mass is 32.2. The Kier molecular flexibility index (Phi) is 4.03. The molecule has 1 aliphatic rings. The van der Waals surface area contributed by atoms with Crippen molar-refractivity contribution in [3.8, 4) is 0 Å². The minimum atomic E-state index is -3.45. The van der Waals surface area contributed by atoms with E-state index in [0.29, 0.717) is 24.5 Å². The molecule has 0 unspecified atom stereocenters. The van der Waals surface area contributed by atoms with Crippen LogP contribution in [-0.2, 0) is 29.7 Å². The van der Waals surface area contributed by atoms with Gasteiger partial charge in [-0.1, -0.05) is 18.2 Å². The van der Waals surface area contributed by atoms with Gasteiger partial charge in [-0.3, -0.25) is 0 Å². The number of nitrogens with zero attached hydrogens (tertiary/aromatic N) is 4. The zero-order valence-electron chi connectivity index (χ0n) is 12.8. The van der Waals surface area contributed by atoms with Gasteiger partial charge in [0.05, 0.1) is 17.1 Å². The number of rotatable bonds is 4. The van der Waals surface area contributed by atoms with Gasteiger partial charge in [0, 0.05) is 25.8 Å². The maximum atomic E-state index is 12.7. The summed E-state index contributed by atoms with van der Waals surface area (Å²) in [5, 5.41) is 0. The molecule has 0 amide bonds. The zero-order chi connectivity index (χ0) is 15.7. The molecule has 0 saturated heterocycles. The average Bonchev–Trinajstić information content (AvgIpc) is 2.88.